The fourth-order valence-electron chi connectivity index (χ4n) is 7.75. The third kappa shape index (κ3) is 5.30. The number of hydrogen-bond donors (Lipinski definition) is 0. The number of aromatic nitrogens is 6. The van der Waals surface area contributed by atoms with E-state index in [4.69, 9.17) is 19.9 Å². The van der Waals surface area contributed by atoms with Crippen LogP contribution in [0, 0.1) is 0 Å². The number of hydrogen-bond acceptors (Lipinski definition) is 5. The van der Waals surface area contributed by atoms with E-state index >= 15 is 0 Å². The molecule has 9 aromatic rings. The number of imidazole rings is 1. The van der Waals surface area contributed by atoms with Gasteiger partial charge in [0, 0.05) is 34.0 Å². The van der Waals surface area contributed by atoms with E-state index in [0.29, 0.717) is 17.5 Å². The quantitative estimate of drug-likeness (QED) is 0.173. The van der Waals surface area contributed by atoms with Crippen molar-refractivity contribution < 1.29 is 0 Å². The Morgan fingerprint density at radius 3 is 1.63 bits per heavy atom. The van der Waals surface area contributed by atoms with Crippen LogP contribution in [0.2, 0.25) is 0 Å². The van der Waals surface area contributed by atoms with Gasteiger partial charge in [0.1, 0.15) is 5.69 Å². The Hall–Kier alpha value is -7.05. The molecule has 0 unspecified atom stereocenters. The first-order valence-corrected chi connectivity index (χ1v) is 18.2. The molecular formula is C48H34N6. The summed E-state index contributed by atoms with van der Waals surface area (Å²) in [7, 11) is 0. The largest absolute Gasteiger partial charge is 0.291 e. The predicted molar refractivity (Wildman–Crippen MR) is 217 cm³/mol. The molecule has 0 saturated carbocycles. The van der Waals surface area contributed by atoms with E-state index in [1.165, 1.54) is 27.8 Å². The van der Waals surface area contributed by atoms with Gasteiger partial charge in [-0.05, 0) is 75.8 Å². The summed E-state index contributed by atoms with van der Waals surface area (Å²) in [6.45, 7) is 4.66. The Balaban J connectivity index is 1.00. The lowest BCUT2D eigenvalue weighted by molar-refractivity contribution is 0.660. The fraction of sp³-hybridized carbons (Fsp3) is 0.0625. The molecule has 6 nitrogen and oxygen atoms in total. The Bertz CT molecular complexity index is 2770. The fourth-order valence-corrected chi connectivity index (χ4v) is 7.75. The van der Waals surface area contributed by atoms with E-state index in [-0.39, 0.29) is 5.41 Å². The van der Waals surface area contributed by atoms with Crippen LogP contribution in [-0.4, -0.2) is 29.5 Å². The number of nitrogens with zero attached hydrogens (tertiary/aromatic N) is 6. The number of rotatable bonds is 6. The van der Waals surface area contributed by atoms with Gasteiger partial charge < -0.3 is 0 Å². The zero-order chi connectivity index (χ0) is 36.2. The zero-order valence-corrected chi connectivity index (χ0v) is 29.8. The van der Waals surface area contributed by atoms with Gasteiger partial charge in [-0.15, -0.1) is 0 Å². The summed E-state index contributed by atoms with van der Waals surface area (Å²) in [4.78, 5) is 24.4. The van der Waals surface area contributed by atoms with Crippen molar-refractivity contribution in [3.8, 4) is 73.6 Å². The highest BCUT2D eigenvalue weighted by Crippen LogP contribution is 2.50. The zero-order valence-electron chi connectivity index (χ0n) is 29.8. The van der Waals surface area contributed by atoms with Crippen LogP contribution in [0.3, 0.4) is 0 Å². The van der Waals surface area contributed by atoms with Crippen molar-refractivity contribution in [1.29, 1.82) is 0 Å². The normalized spacial score (nSPS) is 12.8. The molecule has 1 aliphatic rings. The van der Waals surface area contributed by atoms with Crippen molar-refractivity contribution in [3.05, 3.63) is 181 Å². The lowest BCUT2D eigenvalue weighted by Crippen LogP contribution is -2.15. The van der Waals surface area contributed by atoms with Crippen molar-refractivity contribution in [1.82, 2.24) is 29.5 Å². The topological polar surface area (TPSA) is 69.4 Å². The maximum absolute atomic E-state index is 5.03. The molecule has 0 radical (unpaired) electrons. The van der Waals surface area contributed by atoms with Crippen molar-refractivity contribution in [3.63, 3.8) is 0 Å². The van der Waals surface area contributed by atoms with Crippen LogP contribution >= 0.6 is 0 Å². The summed E-state index contributed by atoms with van der Waals surface area (Å²) in [5.41, 5.74) is 14.0. The molecule has 256 valence electrons. The number of benzene rings is 6. The highest BCUT2D eigenvalue weighted by atomic mass is 15.1. The summed E-state index contributed by atoms with van der Waals surface area (Å²) < 4.78 is 2.24. The molecule has 0 aliphatic heterocycles. The maximum Gasteiger partial charge on any atom is 0.164 e. The highest BCUT2D eigenvalue weighted by Gasteiger charge is 2.36. The lowest BCUT2D eigenvalue weighted by Gasteiger charge is -2.23. The molecule has 6 heteroatoms. The van der Waals surface area contributed by atoms with Crippen LogP contribution < -0.4 is 0 Å². The molecule has 0 amide bonds. The monoisotopic (exact) mass is 694 g/mol. The van der Waals surface area contributed by atoms with Gasteiger partial charge in [-0.2, -0.15) is 0 Å². The van der Waals surface area contributed by atoms with Gasteiger partial charge >= 0.3 is 0 Å². The van der Waals surface area contributed by atoms with E-state index < -0.39 is 0 Å². The third-order valence-electron chi connectivity index (χ3n) is 10.5. The SMILES string of the molecule is CC1(C)c2cc(-c3ccc(-c4nc(-c5ccccc5)nc(-c5ccccc5)n4)cc3)ccc2-c2ccc(-n3c(-c4ccccn4)nc4ccccc43)cc21. The molecule has 0 fully saturated rings. The summed E-state index contributed by atoms with van der Waals surface area (Å²) in [5.74, 6) is 2.79. The molecule has 0 spiro atoms. The van der Waals surface area contributed by atoms with Gasteiger partial charge in [0.15, 0.2) is 23.3 Å². The molecule has 6 aromatic carbocycles. The summed E-state index contributed by atoms with van der Waals surface area (Å²) >= 11 is 0. The van der Waals surface area contributed by atoms with E-state index in [1.807, 2.05) is 91.1 Å². The van der Waals surface area contributed by atoms with E-state index in [0.717, 1.165) is 50.5 Å². The predicted octanol–water partition coefficient (Wildman–Crippen LogP) is 11.2. The van der Waals surface area contributed by atoms with Gasteiger partial charge in [-0.3, -0.25) is 9.55 Å². The van der Waals surface area contributed by atoms with Crippen LogP contribution in [0.5, 0.6) is 0 Å². The van der Waals surface area contributed by atoms with Gasteiger partial charge in [0.2, 0.25) is 0 Å². The first kappa shape index (κ1) is 31.7. The first-order valence-electron chi connectivity index (χ1n) is 18.2. The molecule has 3 aromatic heterocycles. The van der Waals surface area contributed by atoms with E-state index in [2.05, 4.69) is 102 Å². The summed E-state index contributed by atoms with van der Waals surface area (Å²) in [6.07, 6.45) is 1.82. The molecule has 10 rings (SSSR count). The second-order valence-electron chi connectivity index (χ2n) is 14.2. The Morgan fingerprint density at radius 1 is 0.444 bits per heavy atom. The second-order valence-corrected chi connectivity index (χ2v) is 14.2. The number of fused-ring (bicyclic) bond motifs is 4. The molecule has 3 heterocycles. The van der Waals surface area contributed by atoms with Gasteiger partial charge in [-0.1, -0.05) is 135 Å². The van der Waals surface area contributed by atoms with Crippen molar-refractivity contribution in [2.45, 2.75) is 19.3 Å². The van der Waals surface area contributed by atoms with Gasteiger partial charge in [0.25, 0.3) is 0 Å². The average Bonchev–Trinajstić information content (AvgIpc) is 3.74. The average molecular weight is 695 g/mol. The lowest BCUT2D eigenvalue weighted by atomic mass is 9.81. The van der Waals surface area contributed by atoms with Crippen LogP contribution in [0.4, 0.5) is 0 Å². The second kappa shape index (κ2) is 12.6. The number of para-hydroxylation sites is 2. The van der Waals surface area contributed by atoms with Gasteiger partial charge in [-0.25, -0.2) is 19.9 Å². The van der Waals surface area contributed by atoms with Crippen LogP contribution in [0.25, 0.3) is 84.7 Å². The minimum absolute atomic E-state index is 0.218. The van der Waals surface area contributed by atoms with Crippen LogP contribution in [-0.2, 0) is 5.41 Å². The third-order valence-corrected chi connectivity index (χ3v) is 10.5. The Kier molecular flexibility index (Phi) is 7.37. The Morgan fingerprint density at radius 2 is 0.981 bits per heavy atom. The molecule has 54 heavy (non-hydrogen) atoms. The van der Waals surface area contributed by atoms with Crippen molar-refractivity contribution in [2.24, 2.45) is 0 Å². The highest BCUT2D eigenvalue weighted by molar-refractivity contribution is 5.87. The van der Waals surface area contributed by atoms with Crippen molar-refractivity contribution in [2.75, 3.05) is 0 Å². The van der Waals surface area contributed by atoms with Gasteiger partial charge in [0.05, 0.1) is 11.0 Å². The minimum atomic E-state index is -0.218. The Labute approximate surface area is 313 Å². The molecule has 0 N–H and O–H groups in total. The first-order chi connectivity index (χ1) is 26.5. The molecule has 1 aliphatic carbocycles. The molecule has 0 atom stereocenters. The standard InChI is InChI=1S/C48H34N6/c1-48(2)39-29-35(31-20-22-34(23-21-31)46-52-44(32-13-5-3-6-14-32)51-45(53-46)33-15-7-4-8-16-33)24-26-37(39)38-27-25-36(30-40(38)48)54-43-19-10-9-17-41(43)50-47(54)42-18-11-12-28-49-42/h3-30H,1-2H3. The van der Waals surface area contributed by atoms with E-state index in [1.54, 1.807) is 0 Å². The van der Waals surface area contributed by atoms with Crippen LogP contribution in [0.1, 0.15) is 25.0 Å². The minimum Gasteiger partial charge on any atom is -0.291 e. The maximum atomic E-state index is 5.03. The van der Waals surface area contributed by atoms with Crippen molar-refractivity contribution >= 4 is 11.0 Å². The number of pyridine rings is 1. The molecule has 0 bridgehead atoms. The molecule has 0 saturated heterocycles. The van der Waals surface area contributed by atoms with E-state index in [9.17, 15) is 0 Å². The smallest absolute Gasteiger partial charge is 0.164 e. The summed E-state index contributed by atoms with van der Waals surface area (Å²) in [6, 6.07) is 56.7. The van der Waals surface area contributed by atoms with Crippen LogP contribution in [0.15, 0.2) is 170 Å². The summed E-state index contributed by atoms with van der Waals surface area (Å²) in [5, 5.41) is 0. The molecular weight excluding hydrogens is 661 g/mol.